The molecule has 4 nitrogen and oxygen atoms in total. The molecule has 0 fully saturated rings. The zero-order chi connectivity index (χ0) is 14.7. The molecule has 0 aliphatic rings. The summed E-state index contributed by atoms with van der Waals surface area (Å²) in [7, 11) is 0. The summed E-state index contributed by atoms with van der Waals surface area (Å²) in [5.74, 6) is -0.309. The highest BCUT2D eigenvalue weighted by atomic mass is 79.9. The minimum Gasteiger partial charge on any atom is -0.456 e. The van der Waals surface area contributed by atoms with Crippen LogP contribution in [0, 0.1) is 5.82 Å². The lowest BCUT2D eigenvalue weighted by Crippen LogP contribution is -2.20. The second-order valence-electron chi connectivity index (χ2n) is 4.22. The number of rotatable bonds is 4. The van der Waals surface area contributed by atoms with Gasteiger partial charge in [-0.2, -0.15) is 0 Å². The van der Waals surface area contributed by atoms with Crippen LogP contribution in [-0.2, 0) is 4.79 Å². The van der Waals surface area contributed by atoms with Gasteiger partial charge >= 0.3 is 0 Å². The number of ether oxygens (including phenoxy) is 1. The highest BCUT2D eigenvalue weighted by molar-refractivity contribution is 9.10. The van der Waals surface area contributed by atoms with E-state index in [1.54, 1.807) is 13.0 Å². The van der Waals surface area contributed by atoms with Crippen LogP contribution in [0.15, 0.2) is 41.0 Å². The van der Waals surface area contributed by atoms with Gasteiger partial charge in [0.05, 0.1) is 17.8 Å². The van der Waals surface area contributed by atoms with Gasteiger partial charge in [0.15, 0.2) is 0 Å². The minimum absolute atomic E-state index is 0.331. The Hall–Kier alpha value is -1.95. The lowest BCUT2D eigenvalue weighted by atomic mass is 10.1. The van der Waals surface area contributed by atoms with Gasteiger partial charge in [0.2, 0.25) is 5.91 Å². The van der Waals surface area contributed by atoms with Gasteiger partial charge in [-0.15, -0.1) is 0 Å². The Kier molecular flexibility index (Phi) is 4.34. The van der Waals surface area contributed by atoms with E-state index in [4.69, 9.17) is 10.5 Å². The molecule has 2 rings (SSSR count). The topological polar surface area (TPSA) is 65.2 Å². The quantitative estimate of drug-likeness (QED) is 0.929. The molecule has 0 bridgehead atoms. The third-order valence-electron chi connectivity index (χ3n) is 2.73. The second kappa shape index (κ2) is 6.00. The normalized spacial score (nSPS) is 11.9. The van der Waals surface area contributed by atoms with Crippen LogP contribution in [0.5, 0.6) is 11.5 Å². The van der Waals surface area contributed by atoms with Gasteiger partial charge in [-0.3, -0.25) is 9.78 Å². The van der Waals surface area contributed by atoms with Crippen molar-refractivity contribution in [3.63, 3.8) is 0 Å². The van der Waals surface area contributed by atoms with E-state index in [1.165, 1.54) is 30.5 Å². The number of benzene rings is 1. The molecule has 1 heterocycles. The summed E-state index contributed by atoms with van der Waals surface area (Å²) in [6, 6.07) is 7.33. The van der Waals surface area contributed by atoms with E-state index in [-0.39, 0.29) is 5.82 Å². The first-order valence-electron chi connectivity index (χ1n) is 5.85. The van der Waals surface area contributed by atoms with Crippen LogP contribution in [0.3, 0.4) is 0 Å². The van der Waals surface area contributed by atoms with Crippen LogP contribution in [0.25, 0.3) is 0 Å². The largest absolute Gasteiger partial charge is 0.456 e. The molecule has 1 amide bonds. The predicted octanol–water partition coefficient (Wildman–Crippen LogP) is 3.36. The van der Waals surface area contributed by atoms with Crippen molar-refractivity contribution in [2.75, 3.05) is 0 Å². The molecule has 6 heteroatoms. The standard InChI is InChI=1S/C14H12BrFN2O2/c1-8(14(17)19)13-12(15)6-11(7-18-13)20-10-4-2-9(16)3-5-10/h2-8H,1H3,(H2,17,19). The van der Waals surface area contributed by atoms with Crippen molar-refractivity contribution in [2.45, 2.75) is 12.8 Å². The Morgan fingerprint density at radius 2 is 2.00 bits per heavy atom. The Labute approximate surface area is 123 Å². The summed E-state index contributed by atoms with van der Waals surface area (Å²) in [6.45, 7) is 1.68. The lowest BCUT2D eigenvalue weighted by Gasteiger charge is -2.11. The fourth-order valence-corrected chi connectivity index (χ4v) is 2.25. The van der Waals surface area contributed by atoms with E-state index < -0.39 is 11.8 Å². The number of nitrogens with zero attached hydrogens (tertiary/aromatic N) is 1. The SMILES string of the molecule is CC(C(N)=O)c1ncc(Oc2ccc(F)cc2)cc1Br. The molecule has 0 saturated carbocycles. The van der Waals surface area contributed by atoms with Crippen molar-refractivity contribution in [2.24, 2.45) is 5.73 Å². The van der Waals surface area contributed by atoms with Crippen LogP contribution < -0.4 is 10.5 Å². The summed E-state index contributed by atoms with van der Waals surface area (Å²) in [6.07, 6.45) is 1.49. The summed E-state index contributed by atoms with van der Waals surface area (Å²) in [4.78, 5) is 15.3. The minimum atomic E-state index is -0.496. The van der Waals surface area contributed by atoms with Gasteiger partial charge in [0.1, 0.15) is 17.3 Å². The fraction of sp³-hybridized carbons (Fsp3) is 0.143. The van der Waals surface area contributed by atoms with Crippen LogP contribution >= 0.6 is 15.9 Å². The average Bonchev–Trinajstić information content (AvgIpc) is 2.41. The maximum Gasteiger partial charge on any atom is 0.226 e. The number of aromatic nitrogens is 1. The van der Waals surface area contributed by atoms with Gasteiger partial charge in [-0.1, -0.05) is 0 Å². The first kappa shape index (κ1) is 14.5. The Morgan fingerprint density at radius 1 is 1.35 bits per heavy atom. The number of carbonyl (C=O) groups is 1. The van der Waals surface area contributed by atoms with Crippen molar-refractivity contribution < 1.29 is 13.9 Å². The third kappa shape index (κ3) is 3.33. The number of primary amides is 1. The highest BCUT2D eigenvalue weighted by Crippen LogP contribution is 2.29. The second-order valence-corrected chi connectivity index (χ2v) is 5.07. The van der Waals surface area contributed by atoms with Gasteiger partial charge in [0.25, 0.3) is 0 Å². The smallest absolute Gasteiger partial charge is 0.226 e. The number of hydrogen-bond donors (Lipinski definition) is 1. The van der Waals surface area contributed by atoms with E-state index in [1.807, 2.05) is 0 Å². The maximum absolute atomic E-state index is 12.8. The molecule has 20 heavy (non-hydrogen) atoms. The molecular weight excluding hydrogens is 327 g/mol. The first-order valence-corrected chi connectivity index (χ1v) is 6.65. The molecule has 1 unspecified atom stereocenters. The van der Waals surface area contributed by atoms with Crippen LogP contribution in [0.2, 0.25) is 0 Å². The van der Waals surface area contributed by atoms with E-state index >= 15 is 0 Å². The average molecular weight is 339 g/mol. The number of pyridine rings is 1. The summed E-state index contributed by atoms with van der Waals surface area (Å²) >= 11 is 3.33. The van der Waals surface area contributed by atoms with Gasteiger partial charge in [-0.05, 0) is 53.2 Å². The summed E-state index contributed by atoms with van der Waals surface area (Å²) < 4.78 is 19.0. The monoisotopic (exact) mass is 338 g/mol. The van der Waals surface area contributed by atoms with Gasteiger partial charge < -0.3 is 10.5 Å². The molecule has 2 N–H and O–H groups in total. The Bertz CT molecular complexity index is 632. The molecule has 1 aromatic carbocycles. The van der Waals surface area contributed by atoms with Crippen molar-refractivity contribution in [3.05, 3.63) is 52.5 Å². The number of halogens is 2. The zero-order valence-electron chi connectivity index (χ0n) is 10.6. The number of hydrogen-bond acceptors (Lipinski definition) is 3. The van der Waals surface area contributed by atoms with Crippen molar-refractivity contribution >= 4 is 21.8 Å². The Balaban J connectivity index is 2.21. The van der Waals surface area contributed by atoms with E-state index in [0.29, 0.717) is 21.7 Å². The van der Waals surface area contributed by atoms with Crippen LogP contribution in [0.1, 0.15) is 18.5 Å². The van der Waals surface area contributed by atoms with E-state index in [2.05, 4.69) is 20.9 Å². The summed E-state index contributed by atoms with van der Waals surface area (Å²) in [5.41, 5.74) is 5.79. The van der Waals surface area contributed by atoms with E-state index in [9.17, 15) is 9.18 Å². The number of nitrogens with two attached hydrogens (primary N) is 1. The van der Waals surface area contributed by atoms with Gasteiger partial charge in [-0.25, -0.2) is 4.39 Å². The molecule has 0 aliphatic heterocycles. The number of carbonyl (C=O) groups excluding carboxylic acids is 1. The van der Waals surface area contributed by atoms with Crippen LogP contribution in [0.4, 0.5) is 4.39 Å². The van der Waals surface area contributed by atoms with Crippen LogP contribution in [-0.4, -0.2) is 10.9 Å². The molecule has 0 saturated heterocycles. The molecule has 1 atom stereocenters. The molecule has 1 aromatic heterocycles. The maximum atomic E-state index is 12.8. The molecule has 0 spiro atoms. The summed E-state index contributed by atoms with van der Waals surface area (Å²) in [5, 5.41) is 0. The molecule has 0 aliphatic carbocycles. The molecule has 0 radical (unpaired) electrons. The first-order chi connectivity index (χ1) is 9.47. The van der Waals surface area contributed by atoms with Crippen molar-refractivity contribution in [1.82, 2.24) is 4.98 Å². The highest BCUT2D eigenvalue weighted by Gasteiger charge is 2.17. The zero-order valence-corrected chi connectivity index (χ0v) is 12.2. The lowest BCUT2D eigenvalue weighted by molar-refractivity contribution is -0.119. The van der Waals surface area contributed by atoms with Gasteiger partial charge in [0, 0.05) is 4.47 Å². The van der Waals surface area contributed by atoms with E-state index in [0.717, 1.165) is 0 Å². The van der Waals surface area contributed by atoms with Crippen molar-refractivity contribution in [1.29, 1.82) is 0 Å². The molecule has 104 valence electrons. The molecular formula is C14H12BrFN2O2. The van der Waals surface area contributed by atoms with Crippen molar-refractivity contribution in [3.8, 4) is 11.5 Å². The predicted molar refractivity (Wildman–Crippen MR) is 76.0 cm³/mol. The fourth-order valence-electron chi connectivity index (χ4n) is 1.58. The third-order valence-corrected chi connectivity index (χ3v) is 3.37. The number of amides is 1. The molecule has 2 aromatic rings. The Morgan fingerprint density at radius 3 is 2.55 bits per heavy atom.